The molecule has 3 aromatic carbocycles. The van der Waals surface area contributed by atoms with Crippen molar-refractivity contribution in [2.75, 3.05) is 32.8 Å². The van der Waals surface area contributed by atoms with Crippen molar-refractivity contribution in [3.63, 3.8) is 0 Å². The first-order valence-corrected chi connectivity index (χ1v) is 20.1. The van der Waals surface area contributed by atoms with Crippen LogP contribution in [0.3, 0.4) is 0 Å². The van der Waals surface area contributed by atoms with Crippen molar-refractivity contribution in [1.29, 1.82) is 5.26 Å². The van der Waals surface area contributed by atoms with E-state index in [1.807, 2.05) is 36.4 Å². The number of ether oxygens (including phenoxy) is 3. The van der Waals surface area contributed by atoms with Gasteiger partial charge in [-0.3, -0.25) is 9.78 Å². The predicted molar refractivity (Wildman–Crippen MR) is 212 cm³/mol. The number of carbonyl (C=O) groups excluding carboxylic acids is 1. The van der Waals surface area contributed by atoms with E-state index in [1.54, 1.807) is 12.3 Å². The standard InChI is InChI=1S/C44H46Cl2N4O5/c45-38-16-31(24-49-21-28-8-9-32(51)15-28)41(54-25-30-14-29(20-47)22-48-23-30)17-42(38)55-39-11-10-35-34(4-1-5-36(35)39)37-6-2-7-40(43(37)46)53-13-3-12-50-26-44(27-50)18-33(52)19-44/h1-2,4-7,14,16-17,22-23,28,33,39,49,52H,3,8-13,15,18-19,21,24-27H2/t28-,39+/m1/s1. The van der Waals surface area contributed by atoms with Crippen molar-refractivity contribution in [3.05, 3.63) is 105 Å². The third-order valence-corrected chi connectivity index (χ3v) is 12.3. The number of fused-ring (bicyclic) bond motifs is 1. The van der Waals surface area contributed by atoms with Gasteiger partial charge in [0, 0.05) is 79.6 Å². The van der Waals surface area contributed by atoms with E-state index < -0.39 is 0 Å². The molecule has 3 fully saturated rings. The lowest BCUT2D eigenvalue weighted by Gasteiger charge is -2.58. The van der Waals surface area contributed by atoms with E-state index >= 15 is 0 Å². The molecule has 2 saturated carbocycles. The van der Waals surface area contributed by atoms with E-state index in [-0.39, 0.29) is 18.8 Å². The molecule has 1 aliphatic heterocycles. The Hall–Kier alpha value is -4.17. The molecule has 1 spiro atoms. The molecule has 286 valence electrons. The average molecular weight is 782 g/mol. The van der Waals surface area contributed by atoms with Gasteiger partial charge in [0.25, 0.3) is 0 Å². The number of likely N-dealkylation sites (tertiary alicyclic amines) is 1. The molecule has 1 saturated heterocycles. The average Bonchev–Trinajstić information content (AvgIpc) is 3.78. The highest BCUT2D eigenvalue weighted by atomic mass is 35.5. The van der Waals surface area contributed by atoms with Gasteiger partial charge in [0.1, 0.15) is 41.8 Å². The van der Waals surface area contributed by atoms with Crippen LogP contribution >= 0.6 is 23.2 Å². The summed E-state index contributed by atoms with van der Waals surface area (Å²) in [5.41, 5.74) is 6.80. The number of rotatable bonds is 15. The molecule has 2 atom stereocenters. The van der Waals surface area contributed by atoms with E-state index in [0.29, 0.717) is 76.0 Å². The number of halogens is 2. The fourth-order valence-corrected chi connectivity index (χ4v) is 9.42. The Bertz CT molecular complexity index is 2090. The van der Waals surface area contributed by atoms with E-state index in [4.69, 9.17) is 37.4 Å². The Morgan fingerprint density at radius 3 is 2.62 bits per heavy atom. The number of carbonyl (C=O) groups is 1. The molecule has 11 heteroatoms. The van der Waals surface area contributed by atoms with Gasteiger partial charge in [0.15, 0.2) is 0 Å². The molecular formula is C44H46Cl2N4O5. The van der Waals surface area contributed by atoms with Gasteiger partial charge in [0.2, 0.25) is 0 Å². The van der Waals surface area contributed by atoms with Crippen molar-refractivity contribution >= 4 is 29.0 Å². The lowest BCUT2D eigenvalue weighted by molar-refractivity contribution is -0.128. The topological polar surface area (TPSA) is 117 Å². The molecule has 2 heterocycles. The Labute approximate surface area is 332 Å². The third kappa shape index (κ3) is 8.50. The Balaban J connectivity index is 0.948. The molecule has 4 aliphatic rings. The largest absolute Gasteiger partial charge is 0.492 e. The summed E-state index contributed by atoms with van der Waals surface area (Å²) in [5.74, 6) is 2.50. The molecule has 55 heavy (non-hydrogen) atoms. The molecule has 9 nitrogen and oxygen atoms in total. The zero-order chi connectivity index (χ0) is 37.9. The number of aromatic nitrogens is 1. The minimum absolute atomic E-state index is 0.103. The van der Waals surface area contributed by atoms with Crippen LogP contribution in [0.1, 0.15) is 78.9 Å². The molecule has 0 unspecified atom stereocenters. The molecule has 2 N–H and O–H groups in total. The number of aliphatic hydroxyl groups excluding tert-OH is 1. The highest BCUT2D eigenvalue weighted by Gasteiger charge is 2.51. The van der Waals surface area contributed by atoms with Crippen LogP contribution < -0.4 is 19.5 Å². The van der Waals surface area contributed by atoms with Crippen molar-refractivity contribution in [2.45, 2.75) is 76.7 Å². The number of aliphatic hydroxyl groups is 1. The highest BCUT2D eigenvalue weighted by Crippen LogP contribution is 2.48. The normalized spacial score (nSPS) is 20.1. The van der Waals surface area contributed by atoms with Gasteiger partial charge in [0.05, 0.1) is 28.3 Å². The van der Waals surface area contributed by atoms with E-state index in [0.717, 1.165) is 92.5 Å². The van der Waals surface area contributed by atoms with Gasteiger partial charge >= 0.3 is 0 Å². The number of hydrogen-bond acceptors (Lipinski definition) is 9. The number of nitrogens with zero attached hydrogens (tertiary/aromatic N) is 3. The number of benzene rings is 3. The second-order valence-electron chi connectivity index (χ2n) is 15.8. The van der Waals surface area contributed by atoms with Crippen LogP contribution in [0.15, 0.2) is 67.0 Å². The van der Waals surface area contributed by atoms with Gasteiger partial charge in [-0.2, -0.15) is 5.26 Å². The summed E-state index contributed by atoms with van der Waals surface area (Å²) in [4.78, 5) is 18.4. The summed E-state index contributed by atoms with van der Waals surface area (Å²) >= 11 is 14.0. The SMILES string of the molecule is N#Cc1cncc(COc2cc(O[C@H]3CCc4c(-c5cccc(OCCCN6CC7(CC(O)C7)C6)c5Cl)cccc43)c(Cl)cc2CNC[C@@H]2CCC(=O)C2)c1. The summed E-state index contributed by atoms with van der Waals surface area (Å²) in [6, 6.07) is 19.9. The van der Waals surface area contributed by atoms with Crippen LogP contribution in [0.25, 0.3) is 11.1 Å². The summed E-state index contributed by atoms with van der Waals surface area (Å²) < 4.78 is 19.2. The van der Waals surface area contributed by atoms with Crippen molar-refractivity contribution < 1.29 is 24.1 Å². The number of ketones is 1. The molecule has 0 radical (unpaired) electrons. The van der Waals surface area contributed by atoms with E-state index in [9.17, 15) is 15.2 Å². The number of nitrogens with one attached hydrogen (secondary N) is 1. The Morgan fingerprint density at radius 1 is 0.982 bits per heavy atom. The maximum Gasteiger partial charge on any atom is 0.142 e. The molecular weight excluding hydrogens is 735 g/mol. The molecule has 0 bridgehead atoms. The van der Waals surface area contributed by atoms with Crippen LogP contribution in [0.5, 0.6) is 17.2 Å². The smallest absolute Gasteiger partial charge is 0.142 e. The van der Waals surface area contributed by atoms with E-state index in [1.165, 1.54) is 11.8 Å². The van der Waals surface area contributed by atoms with Crippen molar-refractivity contribution in [3.8, 4) is 34.4 Å². The summed E-state index contributed by atoms with van der Waals surface area (Å²) in [7, 11) is 0. The lowest BCUT2D eigenvalue weighted by atomic mass is 9.62. The number of Topliss-reactive ketones (excluding diaryl/α,β-unsaturated/α-hetero) is 1. The van der Waals surface area contributed by atoms with Gasteiger partial charge in [-0.15, -0.1) is 0 Å². The Kier molecular flexibility index (Phi) is 11.3. The fraction of sp³-hybridized carbons (Fsp3) is 0.432. The van der Waals surface area contributed by atoms with Crippen LogP contribution in [0.2, 0.25) is 10.0 Å². The predicted octanol–water partition coefficient (Wildman–Crippen LogP) is 8.26. The maximum absolute atomic E-state index is 11.8. The van der Waals surface area contributed by atoms with E-state index in [2.05, 4.69) is 33.4 Å². The third-order valence-electron chi connectivity index (χ3n) is 11.6. The minimum Gasteiger partial charge on any atom is -0.492 e. The second kappa shape index (κ2) is 16.5. The van der Waals surface area contributed by atoms with Crippen molar-refractivity contribution in [2.24, 2.45) is 11.3 Å². The highest BCUT2D eigenvalue weighted by molar-refractivity contribution is 6.35. The van der Waals surface area contributed by atoms with Gasteiger partial charge < -0.3 is 29.5 Å². The molecule has 8 rings (SSSR count). The molecule has 3 aliphatic carbocycles. The first-order chi connectivity index (χ1) is 26.8. The lowest BCUT2D eigenvalue weighted by Crippen LogP contribution is -2.63. The zero-order valence-corrected chi connectivity index (χ0v) is 32.4. The zero-order valence-electron chi connectivity index (χ0n) is 30.9. The summed E-state index contributed by atoms with van der Waals surface area (Å²) in [5, 5.41) is 23.6. The number of pyridine rings is 1. The summed E-state index contributed by atoms with van der Waals surface area (Å²) in [6.07, 6.45) is 9.48. The van der Waals surface area contributed by atoms with Crippen LogP contribution in [-0.4, -0.2) is 59.7 Å². The van der Waals surface area contributed by atoms with Gasteiger partial charge in [-0.25, -0.2) is 0 Å². The van der Waals surface area contributed by atoms with Gasteiger partial charge in [-0.05, 0) is 85.9 Å². The molecule has 4 aromatic rings. The Morgan fingerprint density at radius 2 is 1.82 bits per heavy atom. The molecule has 1 aromatic heterocycles. The van der Waals surface area contributed by atoms with Crippen molar-refractivity contribution in [1.82, 2.24) is 15.2 Å². The van der Waals surface area contributed by atoms with Gasteiger partial charge in [-0.1, -0.05) is 53.5 Å². The number of hydrogen-bond donors (Lipinski definition) is 2. The molecule has 0 amide bonds. The number of nitriles is 1. The van der Waals surface area contributed by atoms with Crippen LogP contribution in [0, 0.1) is 22.7 Å². The fourth-order valence-electron chi connectivity index (χ4n) is 8.91. The maximum atomic E-state index is 11.8. The monoisotopic (exact) mass is 780 g/mol. The van der Waals surface area contributed by atoms with Crippen LogP contribution in [0.4, 0.5) is 0 Å². The first kappa shape index (κ1) is 37.7. The quantitative estimate of drug-likeness (QED) is 0.115. The summed E-state index contributed by atoms with van der Waals surface area (Å²) in [6.45, 7) is 5.20. The first-order valence-electron chi connectivity index (χ1n) is 19.4. The minimum atomic E-state index is -0.220. The second-order valence-corrected chi connectivity index (χ2v) is 16.5. The van der Waals surface area contributed by atoms with Crippen LogP contribution in [-0.2, 0) is 24.4 Å².